The van der Waals surface area contributed by atoms with E-state index >= 15 is 0 Å². The van der Waals surface area contributed by atoms with E-state index in [1.54, 1.807) is 13.3 Å². The second-order valence-corrected chi connectivity index (χ2v) is 9.27. The third kappa shape index (κ3) is 3.36. The molecule has 1 aliphatic rings. The Labute approximate surface area is 180 Å². The molecular formula is C23H28N6O2. The summed E-state index contributed by atoms with van der Waals surface area (Å²) in [6.07, 6.45) is 5.71. The van der Waals surface area contributed by atoms with Gasteiger partial charge in [0.25, 0.3) is 5.56 Å². The topological polar surface area (TPSA) is 91.8 Å². The Morgan fingerprint density at radius 1 is 1.16 bits per heavy atom. The molecule has 4 heterocycles. The minimum absolute atomic E-state index is 0.138. The SMILES string of the molecule is COc1ccc2[nH]cc(C3CCN(c4nc5c(cnn5C(C)(C)C)c(=O)[nH]4)CC3)c2c1. The highest BCUT2D eigenvalue weighted by molar-refractivity contribution is 5.85. The van der Waals surface area contributed by atoms with Gasteiger partial charge in [-0.3, -0.25) is 9.78 Å². The number of fused-ring (bicyclic) bond motifs is 2. The van der Waals surface area contributed by atoms with Gasteiger partial charge in [-0.2, -0.15) is 10.1 Å². The first-order chi connectivity index (χ1) is 14.8. The molecular weight excluding hydrogens is 392 g/mol. The van der Waals surface area contributed by atoms with E-state index in [1.165, 1.54) is 10.9 Å². The summed E-state index contributed by atoms with van der Waals surface area (Å²) in [5.74, 6) is 1.95. The summed E-state index contributed by atoms with van der Waals surface area (Å²) in [6.45, 7) is 7.84. The summed E-state index contributed by atoms with van der Waals surface area (Å²) in [6, 6.07) is 6.15. The molecule has 8 heteroatoms. The largest absolute Gasteiger partial charge is 0.497 e. The molecule has 1 saturated heterocycles. The Morgan fingerprint density at radius 3 is 2.65 bits per heavy atom. The standard InChI is InChI=1S/C23H28N6O2/c1-23(2,3)29-20-18(13-25-29)21(30)27-22(26-20)28-9-7-14(8-10-28)17-12-24-19-6-5-15(31-4)11-16(17)19/h5-6,11-14,24H,7-10H2,1-4H3,(H,26,27,30). The third-order valence-corrected chi connectivity index (χ3v) is 6.22. The van der Waals surface area contributed by atoms with Crippen LogP contribution in [-0.4, -0.2) is 44.9 Å². The van der Waals surface area contributed by atoms with Crippen molar-refractivity contribution in [2.24, 2.45) is 0 Å². The minimum Gasteiger partial charge on any atom is -0.497 e. The number of methoxy groups -OCH3 is 1. The Bertz CT molecular complexity index is 1300. The van der Waals surface area contributed by atoms with Gasteiger partial charge in [0, 0.05) is 30.2 Å². The van der Waals surface area contributed by atoms with Crippen LogP contribution < -0.4 is 15.2 Å². The van der Waals surface area contributed by atoms with Crippen LogP contribution in [0.4, 0.5) is 5.95 Å². The normalized spacial score (nSPS) is 15.8. The summed E-state index contributed by atoms with van der Waals surface area (Å²) in [7, 11) is 1.70. The van der Waals surface area contributed by atoms with E-state index in [0.717, 1.165) is 37.2 Å². The highest BCUT2D eigenvalue weighted by atomic mass is 16.5. The maximum atomic E-state index is 12.6. The molecule has 1 aliphatic heterocycles. The van der Waals surface area contributed by atoms with Gasteiger partial charge in [0.05, 0.1) is 18.8 Å². The summed E-state index contributed by atoms with van der Waals surface area (Å²) in [5, 5.41) is 6.16. The molecule has 162 valence electrons. The minimum atomic E-state index is -0.247. The van der Waals surface area contributed by atoms with Crippen LogP contribution >= 0.6 is 0 Å². The van der Waals surface area contributed by atoms with Crippen LogP contribution in [0.25, 0.3) is 21.9 Å². The first kappa shape index (κ1) is 19.7. The summed E-state index contributed by atoms with van der Waals surface area (Å²) < 4.78 is 7.24. The predicted octanol–water partition coefficient (Wildman–Crippen LogP) is 3.75. The average molecular weight is 421 g/mol. The lowest BCUT2D eigenvalue weighted by atomic mass is 9.89. The second kappa shape index (κ2) is 7.14. The van der Waals surface area contributed by atoms with Crippen LogP contribution in [-0.2, 0) is 5.54 Å². The molecule has 0 amide bonds. The molecule has 0 saturated carbocycles. The Kier molecular flexibility index (Phi) is 4.53. The number of nitrogens with zero attached hydrogens (tertiary/aromatic N) is 4. The maximum Gasteiger partial charge on any atom is 0.263 e. The zero-order valence-corrected chi connectivity index (χ0v) is 18.4. The number of H-pyrrole nitrogens is 2. The summed E-state index contributed by atoms with van der Waals surface area (Å²) in [4.78, 5) is 26.0. The fourth-order valence-electron chi connectivity index (χ4n) is 4.54. The van der Waals surface area contributed by atoms with E-state index in [2.05, 4.69) is 59.1 Å². The van der Waals surface area contributed by atoms with Crippen LogP contribution in [0.3, 0.4) is 0 Å². The fourth-order valence-corrected chi connectivity index (χ4v) is 4.54. The van der Waals surface area contributed by atoms with E-state index in [1.807, 2.05) is 10.7 Å². The number of benzene rings is 1. The smallest absolute Gasteiger partial charge is 0.263 e. The summed E-state index contributed by atoms with van der Waals surface area (Å²) >= 11 is 0. The number of nitrogens with one attached hydrogen (secondary N) is 2. The van der Waals surface area contributed by atoms with Crippen molar-refractivity contribution in [2.75, 3.05) is 25.1 Å². The molecule has 31 heavy (non-hydrogen) atoms. The van der Waals surface area contributed by atoms with Crippen molar-refractivity contribution in [3.05, 3.63) is 46.5 Å². The lowest BCUT2D eigenvalue weighted by Gasteiger charge is -2.32. The highest BCUT2D eigenvalue weighted by Crippen LogP contribution is 2.35. The van der Waals surface area contributed by atoms with Crippen molar-refractivity contribution in [1.82, 2.24) is 24.7 Å². The molecule has 0 spiro atoms. The quantitative estimate of drug-likeness (QED) is 0.527. The van der Waals surface area contributed by atoms with Crippen LogP contribution in [0.1, 0.15) is 45.1 Å². The molecule has 8 nitrogen and oxygen atoms in total. The van der Waals surface area contributed by atoms with Gasteiger partial charge >= 0.3 is 0 Å². The van der Waals surface area contributed by atoms with Crippen molar-refractivity contribution < 1.29 is 4.74 Å². The molecule has 0 unspecified atom stereocenters. The number of ether oxygens (including phenoxy) is 1. The zero-order chi connectivity index (χ0) is 21.8. The average Bonchev–Trinajstić information content (AvgIpc) is 3.37. The van der Waals surface area contributed by atoms with E-state index in [4.69, 9.17) is 9.72 Å². The lowest BCUT2D eigenvalue weighted by Crippen LogP contribution is -2.35. The first-order valence-electron chi connectivity index (χ1n) is 10.7. The predicted molar refractivity (Wildman–Crippen MR) is 122 cm³/mol. The molecule has 3 aromatic heterocycles. The van der Waals surface area contributed by atoms with Crippen molar-refractivity contribution >= 4 is 27.9 Å². The van der Waals surface area contributed by atoms with Crippen LogP contribution in [0.2, 0.25) is 0 Å². The van der Waals surface area contributed by atoms with Crippen LogP contribution in [0.5, 0.6) is 5.75 Å². The number of rotatable bonds is 3. The monoisotopic (exact) mass is 420 g/mol. The van der Waals surface area contributed by atoms with Crippen molar-refractivity contribution in [1.29, 1.82) is 0 Å². The van der Waals surface area contributed by atoms with Gasteiger partial charge in [0.2, 0.25) is 5.95 Å². The second-order valence-electron chi connectivity index (χ2n) is 9.27. The van der Waals surface area contributed by atoms with E-state index in [0.29, 0.717) is 22.9 Å². The van der Waals surface area contributed by atoms with E-state index < -0.39 is 0 Å². The van der Waals surface area contributed by atoms with Crippen molar-refractivity contribution in [2.45, 2.75) is 45.1 Å². The molecule has 0 aliphatic carbocycles. The lowest BCUT2D eigenvalue weighted by molar-refractivity contribution is 0.365. The molecule has 5 rings (SSSR count). The van der Waals surface area contributed by atoms with Crippen molar-refractivity contribution in [3.8, 4) is 5.75 Å². The van der Waals surface area contributed by atoms with Gasteiger partial charge < -0.3 is 14.6 Å². The van der Waals surface area contributed by atoms with E-state index in [-0.39, 0.29) is 11.1 Å². The molecule has 1 aromatic carbocycles. The van der Waals surface area contributed by atoms with Gasteiger partial charge in [-0.25, -0.2) is 4.68 Å². The number of aromatic amines is 2. The Hall–Kier alpha value is -3.29. The van der Waals surface area contributed by atoms with Crippen LogP contribution in [0, 0.1) is 0 Å². The van der Waals surface area contributed by atoms with Crippen molar-refractivity contribution in [3.63, 3.8) is 0 Å². The molecule has 1 fully saturated rings. The summed E-state index contributed by atoms with van der Waals surface area (Å²) in [5.41, 5.74) is 2.71. The third-order valence-electron chi connectivity index (χ3n) is 6.22. The molecule has 0 bridgehead atoms. The van der Waals surface area contributed by atoms with Gasteiger partial charge in [0.15, 0.2) is 5.65 Å². The van der Waals surface area contributed by atoms with Gasteiger partial charge in [-0.05, 0) is 63.3 Å². The molecule has 2 N–H and O–H groups in total. The maximum absolute atomic E-state index is 12.6. The first-order valence-corrected chi connectivity index (χ1v) is 10.7. The Balaban J connectivity index is 1.41. The zero-order valence-electron chi connectivity index (χ0n) is 18.4. The highest BCUT2D eigenvalue weighted by Gasteiger charge is 2.26. The number of hydrogen-bond acceptors (Lipinski definition) is 5. The van der Waals surface area contributed by atoms with Gasteiger partial charge in [0.1, 0.15) is 11.1 Å². The van der Waals surface area contributed by atoms with E-state index in [9.17, 15) is 4.79 Å². The molecule has 0 atom stereocenters. The molecule has 4 aromatic rings. The van der Waals surface area contributed by atoms with Gasteiger partial charge in [-0.15, -0.1) is 0 Å². The van der Waals surface area contributed by atoms with Gasteiger partial charge in [-0.1, -0.05) is 0 Å². The number of hydrogen-bond donors (Lipinski definition) is 2. The fraction of sp³-hybridized carbons (Fsp3) is 0.435. The number of piperidine rings is 1. The van der Waals surface area contributed by atoms with Crippen LogP contribution in [0.15, 0.2) is 35.4 Å². The number of anilines is 1. The number of aromatic nitrogens is 5. The Morgan fingerprint density at radius 2 is 1.94 bits per heavy atom. The molecule has 0 radical (unpaired) electrons.